The number of pyridine rings is 1. The lowest BCUT2D eigenvalue weighted by atomic mass is 9.60. The number of ether oxygens (including phenoxy) is 1. The zero-order valence-corrected chi connectivity index (χ0v) is 20.9. The number of nitrogens with zero attached hydrogens (tertiary/aromatic N) is 5. The maximum atomic E-state index is 13.6. The van der Waals surface area contributed by atoms with Crippen LogP contribution in [-0.4, -0.2) is 74.8 Å². The Morgan fingerprint density at radius 3 is 2.26 bits per heavy atom. The van der Waals surface area contributed by atoms with E-state index in [0.29, 0.717) is 58.9 Å². The Morgan fingerprint density at radius 2 is 1.53 bits per heavy atom. The van der Waals surface area contributed by atoms with E-state index in [1.54, 1.807) is 0 Å². The van der Waals surface area contributed by atoms with Crippen molar-refractivity contribution in [3.05, 3.63) is 59.8 Å². The highest BCUT2D eigenvalue weighted by molar-refractivity contribution is 5.99. The quantitative estimate of drug-likeness (QED) is 0.443. The van der Waals surface area contributed by atoms with Crippen molar-refractivity contribution in [1.29, 1.82) is 0 Å². The number of hydrogen-bond acceptors (Lipinski definition) is 6. The number of fused-ring (bicyclic) bond motifs is 6. The Balaban J connectivity index is 0.969. The molecule has 2 aromatic carbocycles. The zero-order valence-electron chi connectivity index (χ0n) is 20.9. The molecule has 2 saturated carbocycles. The Labute approximate surface area is 219 Å². The van der Waals surface area contributed by atoms with E-state index in [1.807, 2.05) is 58.3 Å². The summed E-state index contributed by atoms with van der Waals surface area (Å²) in [4.78, 5) is 35.5. The highest BCUT2D eigenvalue weighted by Gasteiger charge is 2.59. The highest BCUT2D eigenvalue weighted by Crippen LogP contribution is 2.54. The molecule has 0 unspecified atom stereocenters. The molecule has 2 aliphatic heterocycles. The average molecular weight is 509 g/mol. The molecule has 4 heterocycles. The topological polar surface area (TPSA) is 104 Å². The van der Waals surface area contributed by atoms with Gasteiger partial charge in [-0.3, -0.25) is 9.59 Å². The molecule has 0 bridgehead atoms. The van der Waals surface area contributed by atoms with Gasteiger partial charge < -0.3 is 14.5 Å². The van der Waals surface area contributed by atoms with Gasteiger partial charge in [0.05, 0.1) is 6.61 Å². The highest BCUT2D eigenvalue weighted by atomic mass is 16.5. The summed E-state index contributed by atoms with van der Waals surface area (Å²) in [6, 6.07) is 15.3. The second kappa shape index (κ2) is 8.24. The molecule has 2 saturated heterocycles. The Hall–Kier alpha value is -4.01. The van der Waals surface area contributed by atoms with Crippen LogP contribution in [0.1, 0.15) is 33.7 Å². The van der Waals surface area contributed by atoms with Crippen molar-refractivity contribution in [3.63, 3.8) is 0 Å². The molecule has 38 heavy (non-hydrogen) atoms. The molecule has 2 aliphatic carbocycles. The maximum absolute atomic E-state index is 13.6. The number of aromatic amines is 1. The van der Waals surface area contributed by atoms with Crippen LogP contribution in [0.25, 0.3) is 21.8 Å². The van der Waals surface area contributed by atoms with Gasteiger partial charge in [0.1, 0.15) is 16.7 Å². The lowest BCUT2D eigenvalue weighted by Crippen LogP contribution is -2.44. The molecule has 9 nitrogen and oxygen atoms in total. The molecule has 0 radical (unpaired) electrons. The number of rotatable bonds is 5. The van der Waals surface area contributed by atoms with E-state index >= 15 is 0 Å². The molecule has 4 fully saturated rings. The molecule has 2 amide bonds. The van der Waals surface area contributed by atoms with Crippen LogP contribution in [0.4, 0.5) is 0 Å². The van der Waals surface area contributed by atoms with Gasteiger partial charge in [-0.25, -0.2) is 4.98 Å². The summed E-state index contributed by atoms with van der Waals surface area (Å²) >= 11 is 0. The average Bonchev–Trinajstić information content (AvgIpc) is 3.33. The molecule has 1 N–H and O–H groups in total. The summed E-state index contributed by atoms with van der Waals surface area (Å²) < 4.78 is 6.07. The monoisotopic (exact) mass is 508 g/mol. The predicted molar refractivity (Wildman–Crippen MR) is 140 cm³/mol. The lowest BCUT2D eigenvalue weighted by Gasteiger charge is -2.42. The van der Waals surface area contributed by atoms with E-state index in [2.05, 4.69) is 15.4 Å². The van der Waals surface area contributed by atoms with E-state index in [-0.39, 0.29) is 11.8 Å². The van der Waals surface area contributed by atoms with E-state index in [1.165, 1.54) is 12.8 Å². The first-order valence-corrected chi connectivity index (χ1v) is 13.5. The van der Waals surface area contributed by atoms with E-state index < -0.39 is 0 Å². The van der Waals surface area contributed by atoms with Gasteiger partial charge in [-0.2, -0.15) is 15.4 Å². The molecule has 9 heteroatoms. The van der Waals surface area contributed by atoms with Gasteiger partial charge in [0, 0.05) is 37.1 Å². The van der Waals surface area contributed by atoms with Gasteiger partial charge >= 0.3 is 0 Å². The number of benzene rings is 2. The number of aromatic nitrogens is 4. The minimum Gasteiger partial charge on any atom is -0.477 e. The van der Waals surface area contributed by atoms with Gasteiger partial charge in [-0.15, -0.1) is 0 Å². The third kappa shape index (κ3) is 3.48. The number of H-pyrrole nitrogens is 1. The molecule has 0 spiro atoms. The van der Waals surface area contributed by atoms with Crippen molar-refractivity contribution in [1.82, 2.24) is 30.2 Å². The van der Waals surface area contributed by atoms with E-state index in [4.69, 9.17) is 9.72 Å². The normalized spacial score (nSPS) is 25.9. The number of nitrogens with one attached hydrogen (secondary N) is 1. The first-order chi connectivity index (χ1) is 18.6. The van der Waals surface area contributed by atoms with Crippen molar-refractivity contribution < 1.29 is 14.3 Å². The van der Waals surface area contributed by atoms with Crippen LogP contribution >= 0.6 is 0 Å². The largest absolute Gasteiger partial charge is 0.477 e. The standard InChI is InChI=1S/C29H28N6O3/c36-28(18-7-8-24-25(10-18)32-33-31-24)34-11-20-21(12-34)23-14-35(13-22(20)23)29(37)26-9-17-3-1-2-4-19(17)27(30-26)38-15-16-5-6-16/h1-4,7-10,16,20-23H,5-6,11-15H2,(H,31,32,33)/t20-,21+,22+,23-. The van der Waals surface area contributed by atoms with Gasteiger partial charge in [0.15, 0.2) is 0 Å². The minimum atomic E-state index is -0.0201. The number of hydrogen-bond donors (Lipinski definition) is 1. The molecule has 8 rings (SSSR count). The first kappa shape index (κ1) is 22.0. The van der Waals surface area contributed by atoms with Crippen LogP contribution in [0.2, 0.25) is 0 Å². The zero-order chi connectivity index (χ0) is 25.4. The molecule has 2 aromatic heterocycles. The lowest BCUT2D eigenvalue weighted by molar-refractivity contribution is 0.0629. The summed E-state index contributed by atoms with van der Waals surface area (Å²) in [5, 5.41) is 12.7. The summed E-state index contributed by atoms with van der Waals surface area (Å²) in [6.07, 6.45) is 2.41. The Bertz CT molecular complexity index is 1580. The third-order valence-corrected chi connectivity index (χ3v) is 9.14. The van der Waals surface area contributed by atoms with Crippen molar-refractivity contribution in [3.8, 4) is 5.88 Å². The summed E-state index contributed by atoms with van der Waals surface area (Å²) in [5.74, 6) is 2.97. The van der Waals surface area contributed by atoms with Gasteiger partial charge in [0.25, 0.3) is 11.8 Å². The van der Waals surface area contributed by atoms with Crippen molar-refractivity contribution in [2.24, 2.45) is 29.6 Å². The SMILES string of the molecule is O=C(c1ccc2n[nH]nc2c1)N1C[C@@H]2[C@H](C1)[C@H]1CN(C(=O)c3cc4ccccc4c(OCC4CC4)n3)C[C@@H]21. The van der Waals surface area contributed by atoms with E-state index in [9.17, 15) is 9.59 Å². The fraction of sp³-hybridized carbons (Fsp3) is 0.414. The van der Waals surface area contributed by atoms with Crippen LogP contribution in [0, 0.1) is 29.6 Å². The van der Waals surface area contributed by atoms with Crippen LogP contribution in [-0.2, 0) is 0 Å². The number of amides is 2. The van der Waals surface area contributed by atoms with Crippen molar-refractivity contribution >= 4 is 33.6 Å². The molecular formula is C29H28N6O3. The van der Waals surface area contributed by atoms with Crippen molar-refractivity contribution in [2.45, 2.75) is 12.8 Å². The van der Waals surface area contributed by atoms with Crippen molar-refractivity contribution in [2.75, 3.05) is 32.8 Å². The molecule has 4 aromatic rings. The molecular weight excluding hydrogens is 480 g/mol. The van der Waals surface area contributed by atoms with E-state index in [0.717, 1.165) is 42.5 Å². The molecule has 4 atom stereocenters. The van der Waals surface area contributed by atoms with Crippen LogP contribution < -0.4 is 4.74 Å². The molecule has 192 valence electrons. The second-order valence-corrected chi connectivity index (χ2v) is 11.4. The van der Waals surface area contributed by atoms with Gasteiger partial charge in [-0.05, 0) is 78.1 Å². The minimum absolute atomic E-state index is 0.0201. The number of carbonyl (C=O) groups is 2. The molecule has 4 aliphatic rings. The Kier molecular flexibility index (Phi) is 4.78. The maximum Gasteiger partial charge on any atom is 0.272 e. The Morgan fingerprint density at radius 1 is 0.842 bits per heavy atom. The summed E-state index contributed by atoms with van der Waals surface area (Å²) in [5.41, 5.74) is 2.56. The third-order valence-electron chi connectivity index (χ3n) is 9.14. The summed E-state index contributed by atoms with van der Waals surface area (Å²) in [6.45, 7) is 3.61. The fourth-order valence-corrected chi connectivity index (χ4v) is 6.89. The van der Waals surface area contributed by atoms with Crippen LogP contribution in [0.3, 0.4) is 0 Å². The predicted octanol–water partition coefficient (Wildman–Crippen LogP) is 3.39. The van der Waals surface area contributed by atoms with Crippen LogP contribution in [0.5, 0.6) is 5.88 Å². The van der Waals surface area contributed by atoms with Crippen LogP contribution in [0.15, 0.2) is 48.5 Å². The number of carbonyl (C=O) groups excluding carboxylic acids is 2. The summed E-state index contributed by atoms with van der Waals surface area (Å²) in [7, 11) is 0. The number of likely N-dealkylation sites (tertiary alicyclic amines) is 2. The smallest absolute Gasteiger partial charge is 0.272 e. The second-order valence-electron chi connectivity index (χ2n) is 11.4. The van der Waals surface area contributed by atoms with Gasteiger partial charge in [-0.1, -0.05) is 18.2 Å². The van der Waals surface area contributed by atoms with Gasteiger partial charge in [0.2, 0.25) is 5.88 Å². The fourth-order valence-electron chi connectivity index (χ4n) is 6.89. The first-order valence-electron chi connectivity index (χ1n) is 13.5.